The number of amides is 1. The molecule has 0 bridgehead atoms. The lowest BCUT2D eigenvalue weighted by Gasteiger charge is -2.29. The number of carbonyl (C=O) groups excluding carboxylic acids is 1. The molecule has 3 N–H and O–H groups in total. The van der Waals surface area contributed by atoms with Crippen LogP contribution in [0, 0.1) is 0 Å². The number of hydrogen-bond donors (Lipinski definition) is 3. The molecule has 0 saturated heterocycles. The van der Waals surface area contributed by atoms with E-state index in [1.807, 2.05) is 30.7 Å². The van der Waals surface area contributed by atoms with Gasteiger partial charge in [-0.15, -0.1) is 0 Å². The summed E-state index contributed by atoms with van der Waals surface area (Å²) in [5, 5.41) is 11.6. The molecule has 0 spiro atoms. The van der Waals surface area contributed by atoms with Crippen LogP contribution in [0.1, 0.15) is 32.6 Å². The van der Waals surface area contributed by atoms with Gasteiger partial charge in [0.05, 0.1) is 0 Å². The van der Waals surface area contributed by atoms with E-state index < -0.39 is 0 Å². The third-order valence-electron chi connectivity index (χ3n) is 5.49. The summed E-state index contributed by atoms with van der Waals surface area (Å²) in [7, 11) is 0. The Kier molecular flexibility index (Phi) is 4.34. The quantitative estimate of drug-likeness (QED) is 0.494. The lowest BCUT2D eigenvalue weighted by Crippen LogP contribution is -2.39. The van der Waals surface area contributed by atoms with E-state index >= 15 is 0 Å². The van der Waals surface area contributed by atoms with Crippen molar-refractivity contribution in [2.75, 3.05) is 5.32 Å². The number of fused-ring (bicyclic) bond motifs is 2. The average Bonchev–Trinajstić information content (AvgIpc) is 3.35. The van der Waals surface area contributed by atoms with E-state index in [-0.39, 0.29) is 11.9 Å². The summed E-state index contributed by atoms with van der Waals surface area (Å²) in [6, 6.07) is 4.56. The van der Waals surface area contributed by atoms with E-state index in [1.165, 1.54) is 0 Å². The largest absolute Gasteiger partial charge is 0.354 e. The zero-order chi connectivity index (χ0) is 19.8. The molecule has 9 nitrogen and oxygen atoms in total. The number of carbonyl (C=O) groups is 1. The second-order valence-corrected chi connectivity index (χ2v) is 7.53. The topological polar surface area (TPSA) is 113 Å². The van der Waals surface area contributed by atoms with Gasteiger partial charge in [-0.05, 0) is 37.8 Å². The number of hydrogen-bond acceptors (Lipinski definition) is 6. The van der Waals surface area contributed by atoms with E-state index in [2.05, 4.69) is 35.7 Å². The maximum atomic E-state index is 11.2. The first kappa shape index (κ1) is 17.6. The summed E-state index contributed by atoms with van der Waals surface area (Å²) in [6.45, 7) is 1.57. The normalized spacial score (nSPS) is 19.5. The van der Waals surface area contributed by atoms with Crippen molar-refractivity contribution in [2.45, 2.75) is 44.7 Å². The molecule has 0 radical (unpaired) electrons. The smallest absolute Gasteiger partial charge is 0.224 e. The number of H-pyrrole nitrogens is 1. The van der Waals surface area contributed by atoms with Gasteiger partial charge in [-0.1, -0.05) is 0 Å². The average molecular weight is 390 g/mol. The summed E-state index contributed by atoms with van der Waals surface area (Å²) in [6.07, 6.45) is 11.2. The van der Waals surface area contributed by atoms with Crippen LogP contribution in [-0.4, -0.2) is 47.5 Å². The molecule has 1 aliphatic rings. The predicted octanol–water partition coefficient (Wildman–Crippen LogP) is 2.53. The fourth-order valence-corrected chi connectivity index (χ4v) is 4.04. The number of nitrogens with zero attached hydrogens (tertiary/aromatic N) is 5. The van der Waals surface area contributed by atoms with Crippen molar-refractivity contribution >= 4 is 28.5 Å². The van der Waals surface area contributed by atoms with E-state index in [9.17, 15) is 4.79 Å². The first-order valence-corrected chi connectivity index (χ1v) is 9.83. The molecule has 4 aromatic heterocycles. The number of anilines is 1. The van der Waals surface area contributed by atoms with Crippen molar-refractivity contribution < 1.29 is 4.79 Å². The second kappa shape index (κ2) is 7.16. The molecular formula is C20H22N8O. The van der Waals surface area contributed by atoms with Crippen LogP contribution in [0.25, 0.3) is 27.8 Å². The zero-order valence-electron chi connectivity index (χ0n) is 16.1. The van der Waals surface area contributed by atoms with Crippen molar-refractivity contribution in [1.82, 2.24) is 34.9 Å². The van der Waals surface area contributed by atoms with Crippen LogP contribution in [0.5, 0.6) is 0 Å². The lowest BCUT2D eigenvalue weighted by atomic mass is 9.91. The van der Waals surface area contributed by atoms with Gasteiger partial charge >= 0.3 is 0 Å². The summed E-state index contributed by atoms with van der Waals surface area (Å²) in [5.74, 6) is 0.668. The molecule has 0 atom stereocenters. The van der Waals surface area contributed by atoms with Gasteiger partial charge in [-0.25, -0.2) is 14.5 Å². The number of aromatic amines is 1. The highest BCUT2D eigenvalue weighted by Gasteiger charge is 2.22. The molecule has 4 aromatic rings. The Balaban J connectivity index is 1.32. The first-order chi connectivity index (χ1) is 14.2. The minimum atomic E-state index is 0.0423. The van der Waals surface area contributed by atoms with Crippen LogP contribution in [0.4, 0.5) is 5.95 Å². The Morgan fingerprint density at radius 1 is 1.17 bits per heavy atom. The van der Waals surface area contributed by atoms with Gasteiger partial charge in [0.2, 0.25) is 11.9 Å². The minimum Gasteiger partial charge on any atom is -0.354 e. The van der Waals surface area contributed by atoms with Crippen LogP contribution >= 0.6 is 0 Å². The Labute approximate surface area is 167 Å². The van der Waals surface area contributed by atoms with Crippen molar-refractivity contribution in [1.29, 1.82) is 0 Å². The van der Waals surface area contributed by atoms with Gasteiger partial charge in [-0.2, -0.15) is 10.1 Å². The Bertz CT molecular complexity index is 1170. The van der Waals surface area contributed by atoms with Gasteiger partial charge in [0.1, 0.15) is 12.0 Å². The summed E-state index contributed by atoms with van der Waals surface area (Å²) < 4.78 is 1.75. The predicted molar refractivity (Wildman–Crippen MR) is 109 cm³/mol. The zero-order valence-corrected chi connectivity index (χ0v) is 16.1. The van der Waals surface area contributed by atoms with Crippen LogP contribution in [0.2, 0.25) is 0 Å². The molecule has 0 unspecified atom stereocenters. The third kappa shape index (κ3) is 3.51. The monoisotopic (exact) mass is 390 g/mol. The summed E-state index contributed by atoms with van der Waals surface area (Å²) in [4.78, 5) is 27.8. The molecule has 1 fully saturated rings. The summed E-state index contributed by atoms with van der Waals surface area (Å²) in [5.41, 5.74) is 3.65. The van der Waals surface area contributed by atoms with Gasteiger partial charge in [-0.3, -0.25) is 4.79 Å². The molecule has 1 aliphatic carbocycles. The molecule has 0 aliphatic heterocycles. The lowest BCUT2D eigenvalue weighted by molar-refractivity contribution is -0.119. The highest BCUT2D eigenvalue weighted by atomic mass is 16.1. The molecule has 0 aromatic carbocycles. The Morgan fingerprint density at radius 3 is 2.83 bits per heavy atom. The maximum Gasteiger partial charge on any atom is 0.224 e. The fraction of sp³-hybridized carbons (Fsp3) is 0.350. The molecule has 29 heavy (non-hydrogen) atoms. The molecule has 1 amide bonds. The van der Waals surface area contributed by atoms with Crippen molar-refractivity contribution in [3.05, 3.63) is 37.1 Å². The van der Waals surface area contributed by atoms with Crippen molar-refractivity contribution in [3.63, 3.8) is 0 Å². The number of rotatable bonds is 4. The molecule has 4 heterocycles. The standard InChI is InChI=1S/C20H22N8O/c1-12(29)25-14-3-5-15(6-4-14)26-20-22-9-17-16(8-21-19(17)27-20)13-2-7-18-23-11-24-28(18)10-13/h2,7-11,14-15H,3-6H2,1H3,(H,25,29)(H2,21,22,26,27). The fourth-order valence-electron chi connectivity index (χ4n) is 4.04. The van der Waals surface area contributed by atoms with E-state index in [0.29, 0.717) is 12.0 Å². The molecule has 5 rings (SSSR count). The van der Waals surface area contributed by atoms with Gasteiger partial charge in [0.25, 0.3) is 0 Å². The molecule has 148 valence electrons. The van der Waals surface area contributed by atoms with Crippen LogP contribution in [0.3, 0.4) is 0 Å². The van der Waals surface area contributed by atoms with Crippen LogP contribution in [0.15, 0.2) is 37.1 Å². The molecule has 1 saturated carbocycles. The van der Waals surface area contributed by atoms with Crippen molar-refractivity contribution in [2.24, 2.45) is 0 Å². The number of aromatic nitrogens is 6. The van der Waals surface area contributed by atoms with Gasteiger partial charge in [0, 0.05) is 54.1 Å². The molecule has 9 heteroatoms. The SMILES string of the molecule is CC(=O)NC1CCC(Nc2ncc3c(-c4ccc5ncnn5c4)c[nH]c3n2)CC1. The first-order valence-electron chi connectivity index (χ1n) is 9.83. The minimum absolute atomic E-state index is 0.0423. The summed E-state index contributed by atoms with van der Waals surface area (Å²) >= 11 is 0. The van der Waals surface area contributed by atoms with E-state index in [4.69, 9.17) is 0 Å². The van der Waals surface area contributed by atoms with Crippen molar-refractivity contribution in [3.8, 4) is 11.1 Å². The van der Waals surface area contributed by atoms with E-state index in [0.717, 1.165) is 53.5 Å². The van der Waals surface area contributed by atoms with Gasteiger partial charge < -0.3 is 15.6 Å². The highest BCUT2D eigenvalue weighted by Crippen LogP contribution is 2.28. The van der Waals surface area contributed by atoms with Crippen LogP contribution < -0.4 is 10.6 Å². The number of pyridine rings is 1. The maximum absolute atomic E-state index is 11.2. The van der Waals surface area contributed by atoms with Crippen LogP contribution in [-0.2, 0) is 4.79 Å². The van der Waals surface area contributed by atoms with Gasteiger partial charge in [0.15, 0.2) is 5.65 Å². The number of nitrogens with one attached hydrogen (secondary N) is 3. The van der Waals surface area contributed by atoms with E-state index in [1.54, 1.807) is 17.8 Å². The Hall–Kier alpha value is -3.49. The second-order valence-electron chi connectivity index (χ2n) is 7.53. The Morgan fingerprint density at radius 2 is 2.00 bits per heavy atom. The highest BCUT2D eigenvalue weighted by molar-refractivity contribution is 5.93. The third-order valence-corrected chi connectivity index (χ3v) is 5.49. The molecular weight excluding hydrogens is 368 g/mol.